The number of furan rings is 1. The smallest absolute Gasteiger partial charge is 0.291 e. The lowest BCUT2D eigenvalue weighted by Gasteiger charge is -2.37. The van der Waals surface area contributed by atoms with Gasteiger partial charge in [-0.2, -0.15) is 0 Å². The number of benzene rings is 1. The highest BCUT2D eigenvalue weighted by Crippen LogP contribution is 2.21. The first-order valence-corrected chi connectivity index (χ1v) is 9.61. The van der Waals surface area contributed by atoms with Crippen LogP contribution in [0, 0.1) is 5.92 Å². The number of hydrogen-bond donors (Lipinski definition) is 1. The Bertz CT molecular complexity index is 743. The lowest BCUT2D eigenvalue weighted by Crippen LogP contribution is -2.50. The molecule has 0 atom stereocenters. The molecule has 1 N–H and O–H groups in total. The molecule has 0 radical (unpaired) electrons. The van der Waals surface area contributed by atoms with Gasteiger partial charge in [-0.15, -0.1) is 0 Å². The van der Waals surface area contributed by atoms with Crippen molar-refractivity contribution in [3.63, 3.8) is 0 Å². The lowest BCUT2D eigenvalue weighted by molar-refractivity contribution is -0.136. The Labute approximate surface area is 160 Å². The van der Waals surface area contributed by atoms with Gasteiger partial charge in [0, 0.05) is 43.5 Å². The number of carbonyl (C=O) groups is 2. The van der Waals surface area contributed by atoms with E-state index >= 15 is 0 Å². The van der Waals surface area contributed by atoms with Gasteiger partial charge in [-0.25, -0.2) is 0 Å². The van der Waals surface area contributed by atoms with Crippen molar-refractivity contribution in [3.8, 4) is 0 Å². The molecule has 3 rings (SSSR count). The standard InChI is InChI=1S/C21H27N3O3/c1-3-16(4-2)21(26)24-13-11-23(12-14-24)18-9-7-17(8-10-18)22-20(25)19-6-5-15-27-19/h5-10,15-16H,3-4,11-14H2,1-2H3,(H,22,25). The fourth-order valence-electron chi connectivity index (χ4n) is 3.44. The van der Waals surface area contributed by atoms with Crippen LogP contribution in [-0.4, -0.2) is 42.9 Å². The zero-order valence-corrected chi connectivity index (χ0v) is 16.0. The SMILES string of the molecule is CCC(CC)C(=O)N1CCN(c2ccc(NC(=O)c3ccco3)cc2)CC1. The van der Waals surface area contributed by atoms with Crippen LogP contribution < -0.4 is 10.2 Å². The minimum Gasteiger partial charge on any atom is -0.459 e. The Kier molecular flexibility index (Phi) is 6.16. The van der Waals surface area contributed by atoms with Gasteiger partial charge in [0.15, 0.2) is 5.76 Å². The van der Waals surface area contributed by atoms with Gasteiger partial charge in [-0.05, 0) is 49.2 Å². The first-order chi connectivity index (χ1) is 13.1. The van der Waals surface area contributed by atoms with Gasteiger partial charge in [0.05, 0.1) is 6.26 Å². The molecule has 1 aromatic heterocycles. The second-order valence-electron chi connectivity index (χ2n) is 6.80. The van der Waals surface area contributed by atoms with Crippen LogP contribution in [0.3, 0.4) is 0 Å². The predicted octanol–water partition coefficient (Wildman–Crippen LogP) is 3.62. The third kappa shape index (κ3) is 4.51. The van der Waals surface area contributed by atoms with Crippen molar-refractivity contribution in [2.45, 2.75) is 26.7 Å². The fraction of sp³-hybridized carbons (Fsp3) is 0.429. The van der Waals surface area contributed by atoms with Crippen LogP contribution in [0.1, 0.15) is 37.2 Å². The van der Waals surface area contributed by atoms with E-state index in [9.17, 15) is 9.59 Å². The van der Waals surface area contributed by atoms with E-state index in [4.69, 9.17) is 4.42 Å². The van der Waals surface area contributed by atoms with Crippen molar-refractivity contribution < 1.29 is 14.0 Å². The van der Waals surface area contributed by atoms with Crippen LogP contribution in [0.2, 0.25) is 0 Å². The van der Waals surface area contributed by atoms with Crippen molar-refractivity contribution >= 4 is 23.2 Å². The summed E-state index contributed by atoms with van der Waals surface area (Å²) in [5.41, 5.74) is 1.82. The van der Waals surface area contributed by atoms with Crippen LogP contribution in [0.5, 0.6) is 0 Å². The summed E-state index contributed by atoms with van der Waals surface area (Å²) in [6, 6.07) is 11.1. The summed E-state index contributed by atoms with van der Waals surface area (Å²) in [4.78, 5) is 28.8. The van der Waals surface area contributed by atoms with Gasteiger partial charge in [-0.3, -0.25) is 9.59 Å². The van der Waals surface area contributed by atoms with Crippen molar-refractivity contribution in [2.75, 3.05) is 36.4 Å². The number of nitrogens with one attached hydrogen (secondary N) is 1. The van der Waals surface area contributed by atoms with E-state index in [-0.39, 0.29) is 23.5 Å². The maximum Gasteiger partial charge on any atom is 0.291 e. The molecule has 2 heterocycles. The first-order valence-electron chi connectivity index (χ1n) is 9.61. The van der Waals surface area contributed by atoms with Crippen LogP contribution in [-0.2, 0) is 4.79 Å². The maximum absolute atomic E-state index is 12.5. The molecule has 1 aliphatic heterocycles. The number of carbonyl (C=O) groups excluding carboxylic acids is 2. The monoisotopic (exact) mass is 369 g/mol. The zero-order chi connectivity index (χ0) is 19.2. The molecular weight excluding hydrogens is 342 g/mol. The van der Waals surface area contributed by atoms with Gasteiger partial charge < -0.3 is 19.5 Å². The lowest BCUT2D eigenvalue weighted by atomic mass is 10.0. The van der Waals surface area contributed by atoms with Crippen LogP contribution in [0.25, 0.3) is 0 Å². The normalized spacial score (nSPS) is 14.5. The predicted molar refractivity (Wildman–Crippen MR) is 106 cm³/mol. The van der Waals surface area contributed by atoms with Gasteiger partial charge in [-0.1, -0.05) is 13.8 Å². The number of piperazine rings is 1. The van der Waals surface area contributed by atoms with Crippen LogP contribution in [0.15, 0.2) is 47.1 Å². The number of nitrogens with zero attached hydrogens (tertiary/aromatic N) is 2. The molecule has 2 amide bonds. The summed E-state index contributed by atoms with van der Waals surface area (Å²) in [7, 11) is 0. The van der Waals surface area contributed by atoms with E-state index < -0.39 is 0 Å². The van der Waals surface area contributed by atoms with E-state index in [2.05, 4.69) is 24.1 Å². The largest absolute Gasteiger partial charge is 0.459 e. The van der Waals surface area contributed by atoms with Crippen molar-refractivity contribution in [2.24, 2.45) is 5.92 Å². The molecule has 6 heteroatoms. The molecule has 144 valence electrons. The topological polar surface area (TPSA) is 65.8 Å². The number of hydrogen-bond acceptors (Lipinski definition) is 4. The van der Waals surface area contributed by atoms with E-state index in [1.807, 2.05) is 29.2 Å². The highest BCUT2D eigenvalue weighted by molar-refractivity contribution is 6.02. The molecule has 0 bridgehead atoms. The molecule has 0 saturated carbocycles. The number of amides is 2. The summed E-state index contributed by atoms with van der Waals surface area (Å²) in [6.07, 6.45) is 3.28. The summed E-state index contributed by atoms with van der Waals surface area (Å²) in [5, 5.41) is 2.82. The Morgan fingerprint density at radius 2 is 1.70 bits per heavy atom. The molecular formula is C21H27N3O3. The van der Waals surface area contributed by atoms with Crippen molar-refractivity contribution in [3.05, 3.63) is 48.4 Å². The average Bonchev–Trinajstić information content (AvgIpc) is 3.25. The summed E-state index contributed by atoms with van der Waals surface area (Å²) < 4.78 is 5.10. The maximum atomic E-state index is 12.5. The Hall–Kier alpha value is -2.76. The quantitative estimate of drug-likeness (QED) is 0.845. The minimum absolute atomic E-state index is 0.147. The molecule has 0 spiro atoms. The molecule has 1 fully saturated rings. The van der Waals surface area contributed by atoms with Crippen LogP contribution in [0.4, 0.5) is 11.4 Å². The number of anilines is 2. The zero-order valence-electron chi connectivity index (χ0n) is 16.0. The van der Waals surface area contributed by atoms with Crippen molar-refractivity contribution in [1.82, 2.24) is 4.90 Å². The summed E-state index contributed by atoms with van der Waals surface area (Å²) in [6.45, 7) is 7.32. The van der Waals surface area contributed by atoms with E-state index in [1.165, 1.54) is 6.26 Å². The Morgan fingerprint density at radius 3 is 2.26 bits per heavy atom. The summed E-state index contributed by atoms with van der Waals surface area (Å²) in [5.74, 6) is 0.461. The highest BCUT2D eigenvalue weighted by Gasteiger charge is 2.25. The first kappa shape index (κ1) is 19.0. The molecule has 0 unspecified atom stereocenters. The third-order valence-corrected chi connectivity index (χ3v) is 5.16. The van der Waals surface area contributed by atoms with Gasteiger partial charge in [0.1, 0.15) is 0 Å². The second-order valence-corrected chi connectivity index (χ2v) is 6.80. The Balaban J connectivity index is 1.54. The molecule has 2 aromatic rings. The fourth-order valence-corrected chi connectivity index (χ4v) is 3.44. The summed E-state index contributed by atoms with van der Waals surface area (Å²) >= 11 is 0. The second kappa shape index (κ2) is 8.75. The Morgan fingerprint density at radius 1 is 1.04 bits per heavy atom. The van der Waals surface area contributed by atoms with Crippen molar-refractivity contribution in [1.29, 1.82) is 0 Å². The molecule has 1 aliphatic rings. The van der Waals surface area contributed by atoms with Crippen LogP contribution >= 0.6 is 0 Å². The minimum atomic E-state index is -0.263. The van der Waals surface area contributed by atoms with E-state index in [0.29, 0.717) is 0 Å². The van der Waals surface area contributed by atoms with Gasteiger partial charge >= 0.3 is 0 Å². The molecule has 27 heavy (non-hydrogen) atoms. The third-order valence-electron chi connectivity index (χ3n) is 5.16. The molecule has 1 aromatic carbocycles. The highest BCUT2D eigenvalue weighted by atomic mass is 16.3. The molecule has 0 aliphatic carbocycles. The molecule has 1 saturated heterocycles. The van der Waals surface area contributed by atoms with E-state index in [0.717, 1.165) is 50.4 Å². The van der Waals surface area contributed by atoms with Gasteiger partial charge in [0.25, 0.3) is 5.91 Å². The number of rotatable bonds is 6. The van der Waals surface area contributed by atoms with Gasteiger partial charge in [0.2, 0.25) is 5.91 Å². The van der Waals surface area contributed by atoms with E-state index in [1.54, 1.807) is 12.1 Å². The molecule has 6 nitrogen and oxygen atoms in total. The average molecular weight is 369 g/mol.